The third-order valence-electron chi connectivity index (χ3n) is 2.85. The predicted molar refractivity (Wildman–Crippen MR) is 75.8 cm³/mol. The van der Waals surface area contributed by atoms with Gasteiger partial charge in [0.15, 0.2) is 0 Å². The summed E-state index contributed by atoms with van der Waals surface area (Å²) in [5, 5.41) is 6.77. The van der Waals surface area contributed by atoms with Crippen molar-refractivity contribution in [1.29, 1.82) is 0 Å². The quantitative estimate of drug-likeness (QED) is 0.779. The normalized spacial score (nSPS) is 11.3. The molecule has 0 spiro atoms. The molecule has 18 heavy (non-hydrogen) atoms. The lowest BCUT2D eigenvalue weighted by atomic mass is 9.94. The maximum Gasteiger partial charge on any atom is 0.220 e. The molecule has 0 radical (unpaired) electrons. The van der Waals surface area contributed by atoms with E-state index in [2.05, 4.69) is 10.6 Å². The van der Waals surface area contributed by atoms with Crippen molar-refractivity contribution in [2.24, 2.45) is 0 Å². The molecule has 100 valence electrons. The minimum Gasteiger partial charge on any atom is -0.347 e. The summed E-state index contributed by atoms with van der Waals surface area (Å²) in [6.07, 6.45) is 1.39. The predicted octanol–water partition coefficient (Wildman–Crippen LogP) is 2.69. The van der Waals surface area contributed by atoms with Crippen molar-refractivity contribution in [3.8, 4) is 0 Å². The van der Waals surface area contributed by atoms with Gasteiger partial charge in [-0.25, -0.2) is 0 Å². The molecule has 0 atom stereocenters. The van der Waals surface area contributed by atoms with E-state index in [0.717, 1.165) is 18.5 Å². The van der Waals surface area contributed by atoms with Crippen molar-refractivity contribution in [3.63, 3.8) is 0 Å². The van der Waals surface area contributed by atoms with E-state index in [-0.39, 0.29) is 11.4 Å². The van der Waals surface area contributed by atoms with Gasteiger partial charge in [0.05, 0.1) is 5.54 Å². The fourth-order valence-corrected chi connectivity index (χ4v) is 1.90. The number of hydrogen-bond acceptors (Lipinski definition) is 2. The van der Waals surface area contributed by atoms with Gasteiger partial charge >= 0.3 is 0 Å². The fourth-order valence-electron chi connectivity index (χ4n) is 1.78. The maximum absolute atomic E-state index is 11.8. The zero-order chi connectivity index (χ0) is 13.6. The number of amides is 1. The molecule has 1 rings (SSSR count). The largest absolute Gasteiger partial charge is 0.347 e. The Labute approximate surface area is 114 Å². The SMILES string of the molecule is CNCCCC(=O)NC(C)(C)c1ccc(Cl)cc1. The van der Waals surface area contributed by atoms with Gasteiger partial charge in [-0.15, -0.1) is 0 Å². The third kappa shape index (κ3) is 4.67. The van der Waals surface area contributed by atoms with Gasteiger partial charge in [0, 0.05) is 11.4 Å². The number of halogens is 1. The first-order valence-corrected chi connectivity index (χ1v) is 6.55. The van der Waals surface area contributed by atoms with E-state index in [1.165, 1.54) is 0 Å². The van der Waals surface area contributed by atoms with Crippen LogP contribution >= 0.6 is 11.6 Å². The van der Waals surface area contributed by atoms with Crippen molar-refractivity contribution in [2.45, 2.75) is 32.2 Å². The summed E-state index contributed by atoms with van der Waals surface area (Å²) < 4.78 is 0. The Morgan fingerprint density at radius 2 is 1.89 bits per heavy atom. The second kappa shape index (κ2) is 6.76. The van der Waals surface area contributed by atoms with Crippen LogP contribution in [0.1, 0.15) is 32.3 Å². The Kier molecular flexibility index (Phi) is 5.63. The summed E-state index contributed by atoms with van der Waals surface area (Å²) >= 11 is 5.86. The minimum absolute atomic E-state index is 0.0743. The van der Waals surface area contributed by atoms with Crippen LogP contribution in [0.25, 0.3) is 0 Å². The standard InChI is InChI=1S/C14H21ClN2O/c1-14(2,11-6-8-12(15)9-7-11)17-13(18)5-4-10-16-3/h6-9,16H,4-5,10H2,1-3H3,(H,17,18). The Morgan fingerprint density at radius 1 is 1.28 bits per heavy atom. The van der Waals surface area contributed by atoms with Gasteiger partial charge in [-0.3, -0.25) is 4.79 Å². The van der Waals surface area contributed by atoms with Crippen LogP contribution in [-0.2, 0) is 10.3 Å². The van der Waals surface area contributed by atoms with E-state index in [9.17, 15) is 4.79 Å². The molecule has 1 aromatic rings. The minimum atomic E-state index is -0.374. The van der Waals surface area contributed by atoms with Crippen LogP contribution in [0, 0.1) is 0 Å². The highest BCUT2D eigenvalue weighted by molar-refractivity contribution is 6.30. The van der Waals surface area contributed by atoms with Gasteiger partial charge < -0.3 is 10.6 Å². The van der Waals surface area contributed by atoms with Gasteiger partial charge in [0.2, 0.25) is 5.91 Å². The topological polar surface area (TPSA) is 41.1 Å². The lowest BCUT2D eigenvalue weighted by molar-refractivity contribution is -0.122. The van der Waals surface area contributed by atoms with Gasteiger partial charge in [-0.2, -0.15) is 0 Å². The molecule has 0 fully saturated rings. The second-order valence-electron chi connectivity index (χ2n) is 4.89. The molecular weight excluding hydrogens is 248 g/mol. The van der Waals surface area contributed by atoms with E-state index >= 15 is 0 Å². The van der Waals surface area contributed by atoms with Crippen LogP contribution < -0.4 is 10.6 Å². The number of carbonyl (C=O) groups excluding carboxylic acids is 1. The molecule has 0 aliphatic rings. The molecule has 0 heterocycles. The molecular formula is C14H21ClN2O. The highest BCUT2D eigenvalue weighted by Crippen LogP contribution is 2.22. The number of carbonyl (C=O) groups is 1. The molecule has 1 amide bonds. The Balaban J connectivity index is 2.58. The van der Waals surface area contributed by atoms with E-state index in [4.69, 9.17) is 11.6 Å². The van der Waals surface area contributed by atoms with Crippen LogP contribution in [0.3, 0.4) is 0 Å². The monoisotopic (exact) mass is 268 g/mol. The van der Waals surface area contributed by atoms with Crippen LogP contribution in [0.2, 0.25) is 5.02 Å². The molecule has 0 aliphatic carbocycles. The van der Waals surface area contributed by atoms with Crippen LogP contribution in [0.5, 0.6) is 0 Å². The van der Waals surface area contributed by atoms with Crippen molar-refractivity contribution in [2.75, 3.05) is 13.6 Å². The summed E-state index contributed by atoms with van der Waals surface area (Å²) in [7, 11) is 1.88. The van der Waals surface area contributed by atoms with E-state index in [1.54, 1.807) is 0 Å². The van der Waals surface area contributed by atoms with Gasteiger partial charge in [-0.1, -0.05) is 23.7 Å². The number of benzene rings is 1. The molecule has 2 N–H and O–H groups in total. The summed E-state index contributed by atoms with van der Waals surface area (Å²) in [5.41, 5.74) is 0.676. The molecule has 3 nitrogen and oxygen atoms in total. The summed E-state index contributed by atoms with van der Waals surface area (Å²) in [6, 6.07) is 7.56. The van der Waals surface area contributed by atoms with Crippen LogP contribution in [0.15, 0.2) is 24.3 Å². The lowest BCUT2D eigenvalue weighted by Gasteiger charge is -2.27. The molecule has 0 saturated heterocycles. The molecule has 0 saturated carbocycles. The Bertz CT molecular complexity index is 387. The molecule has 0 aromatic heterocycles. The first-order valence-electron chi connectivity index (χ1n) is 6.17. The van der Waals surface area contributed by atoms with Crippen molar-refractivity contribution < 1.29 is 4.79 Å². The summed E-state index contributed by atoms with van der Waals surface area (Å²) in [5.74, 6) is 0.0743. The lowest BCUT2D eigenvalue weighted by Crippen LogP contribution is -2.41. The molecule has 1 aromatic carbocycles. The molecule has 0 bridgehead atoms. The van der Waals surface area contributed by atoms with E-state index < -0.39 is 0 Å². The highest BCUT2D eigenvalue weighted by atomic mass is 35.5. The summed E-state index contributed by atoms with van der Waals surface area (Å²) in [6.45, 7) is 4.84. The average molecular weight is 269 g/mol. The van der Waals surface area contributed by atoms with Crippen LogP contribution in [0.4, 0.5) is 0 Å². The van der Waals surface area contributed by atoms with Gasteiger partial charge in [0.1, 0.15) is 0 Å². The van der Waals surface area contributed by atoms with E-state index in [1.807, 2.05) is 45.2 Å². The van der Waals surface area contributed by atoms with Crippen molar-refractivity contribution in [1.82, 2.24) is 10.6 Å². The highest BCUT2D eigenvalue weighted by Gasteiger charge is 2.22. The second-order valence-corrected chi connectivity index (χ2v) is 5.32. The maximum atomic E-state index is 11.8. The zero-order valence-electron chi connectivity index (χ0n) is 11.2. The first kappa shape index (κ1) is 15.0. The third-order valence-corrected chi connectivity index (χ3v) is 3.10. The molecule has 0 aliphatic heterocycles. The summed E-state index contributed by atoms with van der Waals surface area (Å²) in [4.78, 5) is 11.8. The number of nitrogens with one attached hydrogen (secondary N) is 2. The van der Waals surface area contributed by atoms with E-state index in [0.29, 0.717) is 11.4 Å². The van der Waals surface area contributed by atoms with Gasteiger partial charge in [-0.05, 0) is 51.6 Å². The molecule has 0 unspecified atom stereocenters. The zero-order valence-corrected chi connectivity index (χ0v) is 12.0. The van der Waals surface area contributed by atoms with Crippen molar-refractivity contribution in [3.05, 3.63) is 34.9 Å². The number of hydrogen-bond donors (Lipinski definition) is 2. The smallest absolute Gasteiger partial charge is 0.220 e. The van der Waals surface area contributed by atoms with Crippen molar-refractivity contribution >= 4 is 17.5 Å². The Morgan fingerprint density at radius 3 is 2.44 bits per heavy atom. The fraction of sp³-hybridized carbons (Fsp3) is 0.500. The van der Waals surface area contributed by atoms with Crippen LogP contribution in [-0.4, -0.2) is 19.5 Å². The number of rotatable bonds is 6. The average Bonchev–Trinajstić information content (AvgIpc) is 2.29. The van der Waals surface area contributed by atoms with Gasteiger partial charge in [0.25, 0.3) is 0 Å². The molecule has 4 heteroatoms. The first-order chi connectivity index (χ1) is 8.45. The Hall–Kier alpha value is -1.06.